The summed E-state index contributed by atoms with van der Waals surface area (Å²) in [5.74, 6) is 0.543. The highest BCUT2D eigenvalue weighted by Crippen LogP contribution is 2.35. The molecule has 0 aromatic carbocycles. The molecular weight excluding hydrogens is 278 g/mol. The minimum atomic E-state index is -3.89. The lowest BCUT2D eigenvalue weighted by Gasteiger charge is -2.22. The van der Waals surface area contributed by atoms with Crippen LogP contribution in [0, 0.1) is 0 Å². The third kappa shape index (κ3) is 2.39. The molecule has 102 valence electrons. The number of aromatic nitrogens is 3. The van der Waals surface area contributed by atoms with Crippen molar-refractivity contribution < 1.29 is 13.2 Å². The van der Waals surface area contributed by atoms with Crippen LogP contribution in [0.3, 0.4) is 0 Å². The van der Waals surface area contributed by atoms with Crippen molar-refractivity contribution in [2.45, 2.75) is 50.4 Å². The average Bonchev–Trinajstić information content (AvgIpc) is 2.85. The van der Waals surface area contributed by atoms with Crippen LogP contribution in [-0.2, 0) is 25.9 Å². The van der Waals surface area contributed by atoms with Gasteiger partial charge < -0.3 is 4.74 Å². The Morgan fingerprint density at radius 2 is 2.22 bits per heavy atom. The van der Waals surface area contributed by atoms with Crippen LogP contribution in [0.5, 0.6) is 0 Å². The van der Waals surface area contributed by atoms with Gasteiger partial charge in [-0.25, -0.2) is 8.42 Å². The van der Waals surface area contributed by atoms with Crippen LogP contribution in [0.15, 0.2) is 5.16 Å². The van der Waals surface area contributed by atoms with Gasteiger partial charge in [0.1, 0.15) is 5.60 Å². The van der Waals surface area contributed by atoms with Crippen LogP contribution in [0.1, 0.15) is 38.9 Å². The molecule has 2 rings (SSSR count). The van der Waals surface area contributed by atoms with Gasteiger partial charge in [-0.15, -0.1) is 10.2 Å². The van der Waals surface area contributed by atoms with Crippen molar-refractivity contribution >= 4 is 19.7 Å². The average molecular weight is 294 g/mol. The van der Waals surface area contributed by atoms with Crippen molar-refractivity contribution in [1.82, 2.24) is 14.8 Å². The van der Waals surface area contributed by atoms with E-state index < -0.39 is 14.7 Å². The molecule has 8 heteroatoms. The summed E-state index contributed by atoms with van der Waals surface area (Å²) in [6.45, 7) is 5.01. The van der Waals surface area contributed by atoms with Gasteiger partial charge in [0, 0.05) is 23.8 Å². The minimum absolute atomic E-state index is 0.197. The summed E-state index contributed by atoms with van der Waals surface area (Å²) in [5, 5.41) is 7.49. The van der Waals surface area contributed by atoms with Crippen molar-refractivity contribution in [2.24, 2.45) is 0 Å². The van der Waals surface area contributed by atoms with Crippen molar-refractivity contribution in [3.8, 4) is 0 Å². The number of nitrogens with zero attached hydrogens (tertiary/aromatic N) is 3. The van der Waals surface area contributed by atoms with E-state index >= 15 is 0 Å². The van der Waals surface area contributed by atoms with Gasteiger partial charge in [-0.05, 0) is 26.2 Å². The van der Waals surface area contributed by atoms with E-state index in [1.165, 1.54) is 0 Å². The molecule has 1 aromatic heterocycles. The third-order valence-electron chi connectivity index (χ3n) is 3.07. The van der Waals surface area contributed by atoms with E-state index in [-0.39, 0.29) is 5.16 Å². The van der Waals surface area contributed by atoms with E-state index in [1.807, 2.05) is 13.8 Å². The van der Waals surface area contributed by atoms with Gasteiger partial charge in [0.25, 0.3) is 14.2 Å². The topological polar surface area (TPSA) is 74.1 Å². The fraction of sp³-hybridized carbons (Fsp3) is 0.800. The smallest absolute Gasteiger partial charge is 0.296 e. The Balaban J connectivity index is 2.52. The SMILES string of the molecule is CCCn1c(C2(C)CCCO2)nnc1S(=O)(=O)Cl. The van der Waals surface area contributed by atoms with E-state index in [9.17, 15) is 8.42 Å². The first kappa shape index (κ1) is 13.8. The van der Waals surface area contributed by atoms with Gasteiger partial charge >= 0.3 is 0 Å². The Labute approximate surface area is 111 Å². The highest BCUT2D eigenvalue weighted by Gasteiger charge is 2.38. The third-order valence-corrected chi connectivity index (χ3v) is 4.23. The van der Waals surface area contributed by atoms with Crippen molar-refractivity contribution in [1.29, 1.82) is 0 Å². The number of ether oxygens (including phenoxy) is 1. The fourth-order valence-corrected chi connectivity index (χ4v) is 3.16. The first-order valence-corrected chi connectivity index (χ1v) is 8.22. The minimum Gasteiger partial charge on any atom is -0.367 e. The summed E-state index contributed by atoms with van der Waals surface area (Å²) in [5.41, 5.74) is -0.567. The summed E-state index contributed by atoms with van der Waals surface area (Å²) in [6.07, 6.45) is 2.50. The van der Waals surface area contributed by atoms with Crippen LogP contribution in [0.25, 0.3) is 0 Å². The number of hydrogen-bond acceptors (Lipinski definition) is 5. The van der Waals surface area contributed by atoms with Crippen LogP contribution < -0.4 is 0 Å². The van der Waals surface area contributed by atoms with Crippen LogP contribution in [0.2, 0.25) is 0 Å². The van der Waals surface area contributed by atoms with E-state index in [0.29, 0.717) is 19.0 Å². The molecule has 1 aliphatic rings. The largest absolute Gasteiger partial charge is 0.367 e. The van der Waals surface area contributed by atoms with Crippen molar-refractivity contribution in [3.05, 3.63) is 5.82 Å². The predicted octanol–water partition coefficient (Wildman–Crippen LogP) is 1.64. The van der Waals surface area contributed by atoms with E-state index in [1.54, 1.807) is 4.57 Å². The van der Waals surface area contributed by atoms with Gasteiger partial charge in [0.15, 0.2) is 5.82 Å². The van der Waals surface area contributed by atoms with Gasteiger partial charge in [-0.3, -0.25) is 4.57 Å². The second kappa shape index (κ2) is 4.79. The lowest BCUT2D eigenvalue weighted by molar-refractivity contribution is 0.00573. The summed E-state index contributed by atoms with van der Waals surface area (Å²) in [7, 11) is 1.49. The molecule has 0 bridgehead atoms. The molecule has 1 atom stereocenters. The van der Waals surface area contributed by atoms with Crippen molar-refractivity contribution in [3.63, 3.8) is 0 Å². The Bertz CT molecular complexity index is 535. The number of rotatable bonds is 4. The summed E-state index contributed by atoms with van der Waals surface area (Å²) in [6, 6.07) is 0. The Morgan fingerprint density at radius 3 is 2.72 bits per heavy atom. The standard InChI is InChI=1S/C10H16ClN3O3S/c1-3-6-14-8(10(2)5-4-7-17-10)12-13-9(14)18(11,15)16/h3-7H2,1-2H3. The molecule has 0 spiro atoms. The van der Waals surface area contributed by atoms with Gasteiger partial charge in [-0.1, -0.05) is 6.92 Å². The summed E-state index contributed by atoms with van der Waals surface area (Å²) < 4.78 is 30.2. The first-order valence-electron chi connectivity index (χ1n) is 5.91. The molecule has 0 amide bonds. The maximum Gasteiger partial charge on any atom is 0.296 e. The Kier molecular flexibility index (Phi) is 3.66. The lowest BCUT2D eigenvalue weighted by atomic mass is 10.0. The number of hydrogen-bond donors (Lipinski definition) is 0. The van der Waals surface area contributed by atoms with Gasteiger partial charge in [-0.2, -0.15) is 0 Å². The first-order chi connectivity index (χ1) is 8.38. The molecule has 0 N–H and O–H groups in total. The molecule has 1 aromatic rings. The van der Waals surface area contributed by atoms with Crippen LogP contribution in [-0.4, -0.2) is 29.8 Å². The number of halogens is 1. The fourth-order valence-electron chi connectivity index (χ4n) is 2.24. The highest BCUT2D eigenvalue weighted by atomic mass is 35.7. The molecule has 1 saturated heterocycles. The zero-order valence-corrected chi connectivity index (χ0v) is 12.0. The van der Waals surface area contributed by atoms with E-state index in [0.717, 1.165) is 19.3 Å². The van der Waals surface area contributed by atoms with Crippen LogP contribution >= 0.6 is 10.7 Å². The molecule has 0 aliphatic carbocycles. The monoisotopic (exact) mass is 293 g/mol. The lowest BCUT2D eigenvalue weighted by Crippen LogP contribution is -2.26. The van der Waals surface area contributed by atoms with Crippen molar-refractivity contribution in [2.75, 3.05) is 6.61 Å². The molecule has 0 radical (unpaired) electrons. The summed E-state index contributed by atoms with van der Waals surface area (Å²) >= 11 is 0. The van der Waals surface area contributed by atoms with Gasteiger partial charge in [0.2, 0.25) is 0 Å². The van der Waals surface area contributed by atoms with E-state index in [4.69, 9.17) is 15.4 Å². The quantitative estimate of drug-likeness (QED) is 0.789. The van der Waals surface area contributed by atoms with E-state index in [2.05, 4.69) is 10.2 Å². The van der Waals surface area contributed by atoms with Gasteiger partial charge in [0.05, 0.1) is 0 Å². The second-order valence-electron chi connectivity index (χ2n) is 4.58. The molecule has 0 saturated carbocycles. The molecule has 1 aliphatic heterocycles. The van der Waals surface area contributed by atoms with Crippen LogP contribution in [0.4, 0.5) is 0 Å². The zero-order valence-electron chi connectivity index (χ0n) is 10.4. The molecule has 1 unspecified atom stereocenters. The molecular formula is C10H16ClN3O3S. The Morgan fingerprint density at radius 1 is 1.50 bits per heavy atom. The normalized spacial score (nSPS) is 24.6. The molecule has 1 fully saturated rings. The maximum absolute atomic E-state index is 11.5. The Hall–Kier alpha value is -0.660. The second-order valence-corrected chi connectivity index (χ2v) is 7.04. The summed E-state index contributed by atoms with van der Waals surface area (Å²) in [4.78, 5) is 0. The predicted molar refractivity (Wildman–Crippen MR) is 65.9 cm³/mol. The molecule has 2 heterocycles. The molecule has 18 heavy (non-hydrogen) atoms. The highest BCUT2D eigenvalue weighted by molar-refractivity contribution is 8.13. The maximum atomic E-state index is 11.5. The zero-order chi connectivity index (χ0) is 13.4. The molecule has 6 nitrogen and oxygen atoms in total.